The van der Waals surface area contributed by atoms with Crippen molar-refractivity contribution in [2.75, 3.05) is 18.9 Å². The molecule has 0 atom stereocenters. The predicted octanol–water partition coefficient (Wildman–Crippen LogP) is -0.596. The van der Waals surface area contributed by atoms with Crippen LogP contribution in [0.1, 0.15) is 5.56 Å². The molecule has 0 amide bonds. The van der Waals surface area contributed by atoms with Crippen molar-refractivity contribution in [3.05, 3.63) is 77.4 Å². The number of aliphatic hydroxyl groups excluding tert-OH is 1. The van der Waals surface area contributed by atoms with Crippen molar-refractivity contribution in [1.29, 1.82) is 0 Å². The maximum Gasteiger partial charge on any atom is 0.280 e. The van der Waals surface area contributed by atoms with Crippen molar-refractivity contribution in [2.45, 2.75) is 25.4 Å². The fourth-order valence-corrected chi connectivity index (χ4v) is 3.54. The van der Waals surface area contributed by atoms with Crippen molar-refractivity contribution < 1.29 is 23.7 Å². The van der Waals surface area contributed by atoms with Crippen LogP contribution in [0.5, 0.6) is 0 Å². The normalized spacial score (nSPS) is 11.5. The van der Waals surface area contributed by atoms with Crippen molar-refractivity contribution in [3.63, 3.8) is 0 Å². The number of H-pyrrole nitrogens is 1. The Labute approximate surface area is 212 Å². The van der Waals surface area contributed by atoms with Crippen LogP contribution in [0.25, 0.3) is 11.2 Å². The first kappa shape index (κ1) is 26.5. The number of halogens is 2. The van der Waals surface area contributed by atoms with Crippen LogP contribution in [0.2, 0.25) is 0 Å². The van der Waals surface area contributed by atoms with Gasteiger partial charge in [-0.3, -0.25) is 14.3 Å². The van der Waals surface area contributed by atoms with Gasteiger partial charge in [0.2, 0.25) is 5.95 Å². The lowest BCUT2D eigenvalue weighted by atomic mass is 9.93. The van der Waals surface area contributed by atoms with E-state index in [2.05, 4.69) is 35.1 Å². The summed E-state index contributed by atoms with van der Waals surface area (Å²) in [5.74, 6) is -1.53. The molecule has 17 heteroatoms. The Morgan fingerprint density at radius 3 is 2.34 bits per heavy atom. The van der Waals surface area contributed by atoms with Crippen LogP contribution in [0.15, 0.2) is 54.6 Å². The number of aliphatic hydroxyl groups is 2. The summed E-state index contributed by atoms with van der Waals surface area (Å²) < 4.78 is 36.6. The highest BCUT2D eigenvalue weighted by molar-refractivity contribution is 5.70. The fraction of sp³-hybridized carbons (Fsp3) is 0.286. The maximum atomic E-state index is 14.1. The molecule has 0 aliphatic carbocycles. The molecule has 5 aromatic rings. The average Bonchev–Trinajstić information content (AvgIpc) is 3.63. The first-order chi connectivity index (χ1) is 18.3. The average molecular weight is 531 g/mol. The second-order valence-corrected chi connectivity index (χ2v) is 7.94. The van der Waals surface area contributed by atoms with Gasteiger partial charge in [0.15, 0.2) is 11.2 Å². The van der Waals surface area contributed by atoms with E-state index >= 15 is 0 Å². The first-order valence-corrected chi connectivity index (χ1v) is 11.0. The van der Waals surface area contributed by atoms with Crippen LogP contribution >= 0.6 is 0 Å². The summed E-state index contributed by atoms with van der Waals surface area (Å²) in [5.41, 5.74) is 3.85. The van der Waals surface area contributed by atoms with Crippen molar-refractivity contribution in [3.8, 4) is 0 Å². The van der Waals surface area contributed by atoms with Gasteiger partial charge in [-0.05, 0) is 6.07 Å². The number of imidazole rings is 1. The van der Waals surface area contributed by atoms with Crippen LogP contribution in [0.3, 0.4) is 0 Å². The monoisotopic (exact) mass is 531 g/mol. The Hall–Kier alpha value is -4.61. The Balaban J connectivity index is 0.000000186. The zero-order valence-corrected chi connectivity index (χ0v) is 19.7. The van der Waals surface area contributed by atoms with E-state index in [0.29, 0.717) is 5.65 Å². The van der Waals surface area contributed by atoms with Crippen molar-refractivity contribution >= 4 is 17.1 Å². The van der Waals surface area contributed by atoms with Gasteiger partial charge in [-0.15, -0.1) is 0 Å². The summed E-state index contributed by atoms with van der Waals surface area (Å²) in [6.07, 6.45) is 6.83. The third-order valence-electron chi connectivity index (χ3n) is 5.17. The molecular weight excluding hydrogens is 508 g/mol. The summed E-state index contributed by atoms with van der Waals surface area (Å²) >= 11 is 0. The maximum absolute atomic E-state index is 14.1. The van der Waals surface area contributed by atoms with Gasteiger partial charge in [0.1, 0.15) is 49.3 Å². The van der Waals surface area contributed by atoms with E-state index in [-0.39, 0.29) is 55.6 Å². The Morgan fingerprint density at radius 2 is 1.76 bits per heavy atom. The van der Waals surface area contributed by atoms with Gasteiger partial charge in [-0.1, -0.05) is 6.07 Å². The van der Waals surface area contributed by atoms with E-state index in [4.69, 9.17) is 15.6 Å². The fourth-order valence-electron chi connectivity index (χ4n) is 3.54. The molecule has 0 saturated carbocycles. The van der Waals surface area contributed by atoms with Crippen LogP contribution in [-0.4, -0.2) is 72.5 Å². The summed E-state index contributed by atoms with van der Waals surface area (Å²) in [5, 5.41) is 27.3. The summed E-state index contributed by atoms with van der Waals surface area (Å²) in [6, 6.07) is 3.02. The predicted molar refractivity (Wildman–Crippen MR) is 126 cm³/mol. The minimum Gasteiger partial charge on any atom is -0.394 e. The molecule has 5 N–H and O–H groups in total. The molecule has 5 rings (SSSR count). The van der Waals surface area contributed by atoms with Gasteiger partial charge >= 0.3 is 0 Å². The van der Waals surface area contributed by atoms with Crippen molar-refractivity contribution in [1.82, 2.24) is 49.0 Å². The number of nitrogens with zero attached hydrogens (tertiary/aromatic N) is 9. The zero-order chi connectivity index (χ0) is 27.1. The molecule has 1 aromatic carbocycles. The van der Waals surface area contributed by atoms with Gasteiger partial charge in [0.25, 0.3) is 5.56 Å². The number of nitrogens with one attached hydrogen (secondary N) is 1. The molecule has 0 bridgehead atoms. The lowest BCUT2D eigenvalue weighted by Crippen LogP contribution is -2.37. The molecule has 0 unspecified atom stereocenters. The van der Waals surface area contributed by atoms with Crippen molar-refractivity contribution in [2.24, 2.45) is 0 Å². The number of rotatable bonds is 9. The highest BCUT2D eigenvalue weighted by Gasteiger charge is 2.34. The van der Waals surface area contributed by atoms with E-state index < -0.39 is 17.2 Å². The molecule has 38 heavy (non-hydrogen) atoms. The summed E-state index contributed by atoms with van der Waals surface area (Å²) in [6.45, 7) is 0.152. The molecule has 0 saturated heterocycles. The number of nitrogen functional groups attached to an aromatic ring is 1. The second kappa shape index (κ2) is 11.6. The molecule has 0 fully saturated rings. The molecule has 0 radical (unpaired) electrons. The number of aromatic nitrogens is 10. The first-order valence-electron chi connectivity index (χ1n) is 11.0. The SMILES string of the molecule is Nc1nc2c(ncn2COCCO)c(=O)[nH]1.OC(Cn1cncn1)(Cn1cncn1)c1ccc(F)cc1F. The van der Waals surface area contributed by atoms with Gasteiger partial charge in [-0.2, -0.15) is 15.2 Å². The molecule has 0 aliphatic heterocycles. The van der Waals surface area contributed by atoms with Gasteiger partial charge in [0, 0.05) is 11.6 Å². The molecule has 0 spiro atoms. The Morgan fingerprint density at radius 1 is 1.08 bits per heavy atom. The van der Waals surface area contributed by atoms with Crippen LogP contribution in [0, 0.1) is 11.6 Å². The molecule has 4 aromatic heterocycles. The van der Waals surface area contributed by atoms with E-state index in [1.807, 2.05) is 0 Å². The number of hydrogen-bond acceptors (Lipinski definition) is 11. The summed E-state index contributed by atoms with van der Waals surface area (Å²) in [4.78, 5) is 29.2. The molecular formula is C21H23F2N11O4. The van der Waals surface area contributed by atoms with E-state index in [1.165, 1.54) is 51.6 Å². The molecule has 0 aliphatic rings. The smallest absolute Gasteiger partial charge is 0.280 e. The summed E-state index contributed by atoms with van der Waals surface area (Å²) in [7, 11) is 0. The Kier molecular flexibility index (Phi) is 8.09. The molecule has 4 heterocycles. The lowest BCUT2D eigenvalue weighted by Gasteiger charge is -2.28. The second-order valence-electron chi connectivity index (χ2n) is 7.94. The number of fused-ring (bicyclic) bond motifs is 1. The van der Waals surface area contributed by atoms with Gasteiger partial charge < -0.3 is 20.7 Å². The zero-order valence-electron chi connectivity index (χ0n) is 19.7. The third-order valence-corrected chi connectivity index (χ3v) is 5.17. The standard InChI is InChI=1S/C13H12F2N6O.C8H11N5O3/c14-10-1-2-11(12(15)3-10)13(22,4-20-8-16-6-18-20)5-21-9-17-7-19-21;9-8-11-6-5(7(15)12-8)10-3-13(6)4-16-2-1-14/h1-3,6-9,22H,4-5H2;3,14H,1-2,4H2,(H3,9,11,12,15). The van der Waals surface area contributed by atoms with Crippen LogP contribution in [0.4, 0.5) is 14.7 Å². The molecule has 15 nitrogen and oxygen atoms in total. The number of aromatic amines is 1. The number of hydrogen-bond donors (Lipinski definition) is 4. The molecule has 200 valence electrons. The Bertz CT molecular complexity index is 1480. The highest BCUT2D eigenvalue weighted by Crippen LogP contribution is 2.28. The van der Waals surface area contributed by atoms with Crippen LogP contribution < -0.4 is 11.3 Å². The number of ether oxygens (including phenoxy) is 1. The lowest BCUT2D eigenvalue weighted by molar-refractivity contribution is -0.00856. The number of nitrogens with two attached hydrogens (primary N) is 1. The van der Waals surface area contributed by atoms with Gasteiger partial charge in [0.05, 0.1) is 32.6 Å². The van der Waals surface area contributed by atoms with E-state index in [1.54, 1.807) is 0 Å². The van der Waals surface area contributed by atoms with Gasteiger partial charge in [-0.25, -0.2) is 33.1 Å². The topological polar surface area (TPSA) is 201 Å². The quantitative estimate of drug-likeness (QED) is 0.177. The largest absolute Gasteiger partial charge is 0.394 e. The third kappa shape index (κ3) is 6.20. The van der Waals surface area contributed by atoms with Crippen LogP contribution in [-0.2, 0) is 30.2 Å². The highest BCUT2D eigenvalue weighted by atomic mass is 19.1. The van der Waals surface area contributed by atoms with E-state index in [0.717, 1.165) is 12.1 Å². The van der Waals surface area contributed by atoms with E-state index in [9.17, 15) is 18.7 Å². The number of benzene rings is 1. The minimum atomic E-state index is -1.70. The minimum absolute atomic E-state index is 0.0291. The number of anilines is 1.